The van der Waals surface area contributed by atoms with E-state index in [1.165, 1.54) is 24.3 Å². The van der Waals surface area contributed by atoms with Crippen molar-refractivity contribution < 1.29 is 13.6 Å². The van der Waals surface area contributed by atoms with Crippen LogP contribution in [0.15, 0.2) is 29.1 Å². The van der Waals surface area contributed by atoms with E-state index in [-0.39, 0.29) is 35.7 Å². The van der Waals surface area contributed by atoms with E-state index < -0.39 is 13.2 Å². The summed E-state index contributed by atoms with van der Waals surface area (Å²) in [4.78, 5) is 14.3. The fourth-order valence-electron chi connectivity index (χ4n) is 2.47. The third kappa shape index (κ3) is 3.54. The lowest BCUT2D eigenvalue weighted by Gasteiger charge is -2.17. The molecule has 0 amide bonds. The van der Waals surface area contributed by atoms with Crippen LogP contribution < -0.4 is 16.6 Å². The molecule has 1 heterocycles. The lowest BCUT2D eigenvalue weighted by molar-refractivity contribution is 0.230. The molecule has 134 valence electrons. The van der Waals surface area contributed by atoms with E-state index in [1.807, 2.05) is 6.07 Å². The Hall–Kier alpha value is -2.90. The summed E-state index contributed by atoms with van der Waals surface area (Å²) in [6.45, 7) is 3.83. The second-order valence-corrected chi connectivity index (χ2v) is 7.12. The third-order valence-corrected chi connectivity index (χ3v) is 5.67. The standard InChI is InChI=1S/C17H17N4O4P/c1-3-24-26(23,25-4-2)12-7-5-11(6-8-12)15-13(9-18)16(20)21-17(22)14(15)10-19/h5-8H,3-4H2,1-2H3,(H3,20,21,22). The van der Waals surface area contributed by atoms with E-state index in [0.717, 1.165) is 0 Å². The van der Waals surface area contributed by atoms with Crippen LogP contribution in [-0.2, 0) is 13.6 Å². The predicted molar refractivity (Wildman–Crippen MR) is 96.8 cm³/mol. The van der Waals surface area contributed by atoms with E-state index in [1.54, 1.807) is 19.9 Å². The molecule has 2 aromatic rings. The minimum atomic E-state index is -3.46. The fourth-order valence-corrected chi connectivity index (χ4v) is 4.04. The first-order valence-electron chi connectivity index (χ1n) is 7.77. The largest absolute Gasteiger partial charge is 0.384 e. The van der Waals surface area contributed by atoms with Gasteiger partial charge in [0, 0.05) is 5.56 Å². The highest BCUT2D eigenvalue weighted by Crippen LogP contribution is 2.47. The van der Waals surface area contributed by atoms with E-state index in [4.69, 9.17) is 14.8 Å². The number of pyridine rings is 1. The summed E-state index contributed by atoms with van der Waals surface area (Å²) in [6.07, 6.45) is 0. The van der Waals surface area contributed by atoms with Crippen LogP contribution in [0.1, 0.15) is 25.0 Å². The third-order valence-electron chi connectivity index (χ3n) is 3.54. The van der Waals surface area contributed by atoms with Gasteiger partial charge in [-0.1, -0.05) is 12.1 Å². The van der Waals surface area contributed by atoms with E-state index in [0.29, 0.717) is 10.9 Å². The maximum absolute atomic E-state index is 12.8. The molecule has 1 aromatic carbocycles. The SMILES string of the molecule is CCOP(=O)(OCC)c1ccc(-c2c(C#N)c(N)[nH]c(=O)c2C#N)cc1. The molecule has 9 heteroatoms. The number of nitrogen functional groups attached to an aromatic ring is 1. The lowest BCUT2D eigenvalue weighted by atomic mass is 9.97. The van der Waals surface area contributed by atoms with Crippen LogP contribution in [0.25, 0.3) is 11.1 Å². The Balaban J connectivity index is 2.64. The van der Waals surface area contributed by atoms with Crippen molar-refractivity contribution in [1.82, 2.24) is 4.98 Å². The molecule has 1 aromatic heterocycles. The van der Waals surface area contributed by atoms with Crippen LogP contribution in [-0.4, -0.2) is 18.2 Å². The molecule has 0 unspecified atom stereocenters. The number of rotatable bonds is 6. The number of hydrogen-bond acceptors (Lipinski definition) is 7. The van der Waals surface area contributed by atoms with Crippen molar-refractivity contribution in [3.05, 3.63) is 45.7 Å². The number of nitrogens with zero attached hydrogens (tertiary/aromatic N) is 2. The normalized spacial score (nSPS) is 10.9. The summed E-state index contributed by atoms with van der Waals surface area (Å²) in [5.41, 5.74) is 5.33. The second kappa shape index (κ2) is 7.99. The van der Waals surface area contributed by atoms with Gasteiger partial charge in [0.15, 0.2) is 0 Å². The van der Waals surface area contributed by atoms with Crippen molar-refractivity contribution in [3.63, 3.8) is 0 Å². The van der Waals surface area contributed by atoms with Crippen LogP contribution in [0.3, 0.4) is 0 Å². The topological polar surface area (TPSA) is 142 Å². The van der Waals surface area contributed by atoms with Crippen LogP contribution in [0.4, 0.5) is 5.82 Å². The summed E-state index contributed by atoms with van der Waals surface area (Å²) < 4.78 is 23.4. The molecular formula is C17H17N4O4P. The van der Waals surface area contributed by atoms with Crippen LogP contribution in [0.2, 0.25) is 0 Å². The zero-order valence-electron chi connectivity index (χ0n) is 14.3. The molecule has 0 radical (unpaired) electrons. The number of aromatic nitrogens is 1. The highest BCUT2D eigenvalue weighted by Gasteiger charge is 2.27. The van der Waals surface area contributed by atoms with Gasteiger partial charge in [0.1, 0.15) is 29.1 Å². The van der Waals surface area contributed by atoms with E-state index in [9.17, 15) is 19.9 Å². The smallest absolute Gasteiger partial charge is 0.361 e. The molecule has 0 aliphatic heterocycles. The first kappa shape index (κ1) is 19.4. The maximum atomic E-state index is 12.8. The van der Waals surface area contributed by atoms with Crippen molar-refractivity contribution >= 4 is 18.7 Å². The summed E-state index contributed by atoms with van der Waals surface area (Å²) in [6, 6.07) is 9.80. The van der Waals surface area contributed by atoms with Gasteiger partial charge in [0.25, 0.3) is 5.56 Å². The van der Waals surface area contributed by atoms with Crippen molar-refractivity contribution in [3.8, 4) is 23.3 Å². The molecule has 0 spiro atoms. The number of nitriles is 2. The average molecular weight is 372 g/mol. The lowest BCUT2D eigenvalue weighted by Crippen LogP contribution is -2.16. The van der Waals surface area contributed by atoms with E-state index in [2.05, 4.69) is 4.98 Å². The maximum Gasteiger partial charge on any atom is 0.361 e. The number of nitrogens with one attached hydrogen (secondary N) is 1. The Morgan fingerprint density at radius 1 is 1.08 bits per heavy atom. The molecular weight excluding hydrogens is 355 g/mol. The number of hydrogen-bond donors (Lipinski definition) is 2. The molecule has 2 rings (SSSR count). The number of H-pyrrole nitrogens is 1. The van der Waals surface area contributed by atoms with Gasteiger partial charge in [-0.25, -0.2) is 0 Å². The van der Waals surface area contributed by atoms with E-state index >= 15 is 0 Å². The Bertz CT molecular complexity index is 990. The molecule has 0 atom stereocenters. The molecule has 26 heavy (non-hydrogen) atoms. The Labute approximate surface area is 150 Å². The number of aromatic amines is 1. The van der Waals surface area contributed by atoms with Gasteiger partial charge in [-0.15, -0.1) is 0 Å². The van der Waals surface area contributed by atoms with Crippen LogP contribution >= 0.6 is 7.60 Å². The van der Waals surface area contributed by atoms with Crippen LogP contribution in [0, 0.1) is 22.7 Å². The van der Waals surface area contributed by atoms with Gasteiger partial charge >= 0.3 is 7.60 Å². The van der Waals surface area contributed by atoms with Gasteiger partial charge in [0.2, 0.25) is 0 Å². The summed E-state index contributed by atoms with van der Waals surface area (Å²) in [7, 11) is -3.46. The van der Waals surface area contributed by atoms with Gasteiger partial charge < -0.3 is 19.8 Å². The van der Waals surface area contributed by atoms with Crippen LogP contribution in [0.5, 0.6) is 0 Å². The Morgan fingerprint density at radius 2 is 1.62 bits per heavy atom. The van der Waals surface area contributed by atoms with Crippen molar-refractivity contribution in [2.75, 3.05) is 18.9 Å². The van der Waals surface area contributed by atoms with Crippen molar-refractivity contribution in [1.29, 1.82) is 10.5 Å². The number of nitrogens with two attached hydrogens (primary N) is 1. The predicted octanol–water partition coefficient (Wildman–Crippen LogP) is 2.26. The first-order valence-corrected chi connectivity index (χ1v) is 9.32. The average Bonchev–Trinajstić information content (AvgIpc) is 2.62. The Morgan fingerprint density at radius 3 is 2.08 bits per heavy atom. The monoisotopic (exact) mass is 372 g/mol. The fraction of sp³-hybridized carbons (Fsp3) is 0.235. The van der Waals surface area contributed by atoms with Gasteiger partial charge in [0.05, 0.1) is 18.5 Å². The molecule has 3 N–H and O–H groups in total. The quantitative estimate of drug-likeness (QED) is 0.740. The highest BCUT2D eigenvalue weighted by molar-refractivity contribution is 7.62. The molecule has 0 saturated carbocycles. The minimum Gasteiger partial charge on any atom is -0.384 e. The Kier molecular flexibility index (Phi) is 5.97. The molecule has 0 saturated heterocycles. The van der Waals surface area contributed by atoms with Gasteiger partial charge in [-0.2, -0.15) is 10.5 Å². The second-order valence-electron chi connectivity index (χ2n) is 5.10. The van der Waals surface area contributed by atoms with Gasteiger partial charge in [-0.3, -0.25) is 9.36 Å². The molecule has 0 bridgehead atoms. The summed E-state index contributed by atoms with van der Waals surface area (Å²) in [5, 5.41) is 19.0. The summed E-state index contributed by atoms with van der Waals surface area (Å²) >= 11 is 0. The number of anilines is 1. The molecule has 0 fully saturated rings. The van der Waals surface area contributed by atoms with Gasteiger partial charge in [-0.05, 0) is 31.5 Å². The minimum absolute atomic E-state index is 0.00769. The zero-order valence-corrected chi connectivity index (χ0v) is 15.2. The highest BCUT2D eigenvalue weighted by atomic mass is 31.2. The van der Waals surface area contributed by atoms with Crippen molar-refractivity contribution in [2.24, 2.45) is 0 Å². The number of benzene rings is 1. The molecule has 0 aliphatic carbocycles. The molecule has 8 nitrogen and oxygen atoms in total. The summed E-state index contributed by atoms with van der Waals surface area (Å²) in [5.74, 6) is -0.120. The zero-order chi connectivity index (χ0) is 19.3. The first-order chi connectivity index (χ1) is 12.4. The van der Waals surface area contributed by atoms with Crippen molar-refractivity contribution in [2.45, 2.75) is 13.8 Å². The molecule has 0 aliphatic rings.